The Morgan fingerprint density at radius 1 is 1.23 bits per heavy atom. The summed E-state index contributed by atoms with van der Waals surface area (Å²) < 4.78 is 26.0. The second kappa shape index (κ2) is 5.96. The first-order chi connectivity index (χ1) is 10.6. The van der Waals surface area contributed by atoms with E-state index in [4.69, 9.17) is 0 Å². The summed E-state index contributed by atoms with van der Waals surface area (Å²) in [5.74, 6) is 0.473. The summed E-state index contributed by atoms with van der Waals surface area (Å²) in [6.45, 7) is 2.75. The van der Waals surface area contributed by atoms with Crippen molar-refractivity contribution in [3.05, 3.63) is 48.2 Å². The maximum atomic E-state index is 11.7. The van der Waals surface area contributed by atoms with Gasteiger partial charge in [-0.2, -0.15) is 0 Å². The minimum Gasteiger partial charge on any atom is -0.340 e. The van der Waals surface area contributed by atoms with Crippen LogP contribution in [0, 0.1) is 0 Å². The Morgan fingerprint density at radius 2 is 2.05 bits per heavy atom. The highest BCUT2D eigenvalue weighted by Crippen LogP contribution is 2.34. The van der Waals surface area contributed by atoms with Gasteiger partial charge in [-0.15, -0.1) is 0 Å². The average Bonchev–Trinajstić information content (AvgIpc) is 2.91. The van der Waals surface area contributed by atoms with Crippen molar-refractivity contribution in [2.24, 2.45) is 0 Å². The molecule has 22 heavy (non-hydrogen) atoms. The number of sulfonamides is 1. The van der Waals surface area contributed by atoms with Crippen molar-refractivity contribution in [1.29, 1.82) is 0 Å². The number of hydrogen-bond donors (Lipinski definition) is 1. The van der Waals surface area contributed by atoms with Crippen LogP contribution >= 0.6 is 0 Å². The van der Waals surface area contributed by atoms with Crippen LogP contribution in [0.5, 0.6) is 0 Å². The second-order valence-corrected chi connectivity index (χ2v) is 7.19. The van der Waals surface area contributed by atoms with Crippen LogP contribution in [-0.4, -0.2) is 25.7 Å². The van der Waals surface area contributed by atoms with Gasteiger partial charge in [0.05, 0.1) is 17.6 Å². The fourth-order valence-electron chi connectivity index (χ4n) is 2.69. The molecule has 5 nitrogen and oxygen atoms in total. The van der Waals surface area contributed by atoms with E-state index < -0.39 is 10.0 Å². The van der Waals surface area contributed by atoms with Gasteiger partial charge in [-0.25, -0.2) is 13.4 Å². The fourth-order valence-corrected chi connectivity index (χ4v) is 3.77. The number of pyridine rings is 1. The van der Waals surface area contributed by atoms with Crippen molar-refractivity contribution in [3.8, 4) is 0 Å². The largest absolute Gasteiger partial charge is 0.340 e. The van der Waals surface area contributed by atoms with Crippen molar-refractivity contribution in [3.63, 3.8) is 0 Å². The predicted octanol–water partition coefficient (Wildman–Crippen LogP) is 2.93. The minimum atomic E-state index is -3.29. The molecule has 0 atom stereocenters. The average molecular weight is 317 g/mol. The van der Waals surface area contributed by atoms with Gasteiger partial charge in [0.2, 0.25) is 10.0 Å². The molecule has 2 aromatic rings. The van der Waals surface area contributed by atoms with Crippen LogP contribution in [-0.2, 0) is 16.4 Å². The van der Waals surface area contributed by atoms with Crippen LogP contribution in [0.3, 0.4) is 0 Å². The number of nitrogens with one attached hydrogen (secondary N) is 1. The highest BCUT2D eigenvalue weighted by Gasteiger charge is 2.20. The number of fused-ring (bicyclic) bond motifs is 1. The Kier molecular flexibility index (Phi) is 4.02. The number of nitrogens with zero attached hydrogens (tertiary/aromatic N) is 2. The zero-order valence-electron chi connectivity index (χ0n) is 12.5. The number of para-hydroxylation sites is 1. The molecular weight excluding hydrogens is 298 g/mol. The molecule has 1 aromatic heterocycles. The quantitative estimate of drug-likeness (QED) is 0.921. The molecule has 0 spiro atoms. The lowest BCUT2D eigenvalue weighted by molar-refractivity contribution is 0.599. The van der Waals surface area contributed by atoms with Gasteiger partial charge in [0, 0.05) is 12.2 Å². The minimum absolute atomic E-state index is 0.107. The molecule has 1 aliphatic heterocycles. The van der Waals surface area contributed by atoms with Gasteiger partial charge >= 0.3 is 0 Å². The van der Waals surface area contributed by atoms with Gasteiger partial charge < -0.3 is 4.90 Å². The van der Waals surface area contributed by atoms with E-state index in [1.807, 2.05) is 25.1 Å². The molecule has 1 N–H and O–H groups in total. The van der Waals surface area contributed by atoms with Gasteiger partial charge in [0.1, 0.15) is 5.82 Å². The Balaban J connectivity index is 1.78. The molecule has 3 rings (SSSR count). The predicted molar refractivity (Wildman–Crippen MR) is 89.1 cm³/mol. The van der Waals surface area contributed by atoms with Crippen LogP contribution in [0.4, 0.5) is 17.2 Å². The topological polar surface area (TPSA) is 62.3 Å². The first kappa shape index (κ1) is 14.8. The van der Waals surface area contributed by atoms with E-state index in [2.05, 4.69) is 26.7 Å². The van der Waals surface area contributed by atoms with E-state index in [0.29, 0.717) is 12.2 Å². The third-order valence-electron chi connectivity index (χ3n) is 3.68. The maximum Gasteiger partial charge on any atom is 0.233 e. The SMILES string of the molecule is CCCS(=O)(=O)Nc1ccc(N2CCc3ccccc32)cn1. The molecule has 116 valence electrons. The Bertz CT molecular complexity index is 757. The second-order valence-electron chi connectivity index (χ2n) is 5.35. The van der Waals surface area contributed by atoms with E-state index in [1.165, 1.54) is 11.3 Å². The molecule has 0 bridgehead atoms. The first-order valence-corrected chi connectivity index (χ1v) is 9.06. The Morgan fingerprint density at radius 3 is 2.77 bits per heavy atom. The molecule has 0 amide bonds. The molecular formula is C16H19N3O2S. The number of rotatable bonds is 5. The number of aromatic nitrogens is 1. The normalized spacial score (nSPS) is 14.0. The molecule has 2 heterocycles. The zero-order chi connectivity index (χ0) is 15.6. The van der Waals surface area contributed by atoms with Crippen molar-refractivity contribution >= 4 is 27.2 Å². The Labute approximate surface area is 131 Å². The summed E-state index contributed by atoms with van der Waals surface area (Å²) in [4.78, 5) is 6.43. The van der Waals surface area contributed by atoms with Gasteiger partial charge in [-0.1, -0.05) is 25.1 Å². The van der Waals surface area contributed by atoms with Crippen LogP contribution in [0.15, 0.2) is 42.6 Å². The summed E-state index contributed by atoms with van der Waals surface area (Å²) in [7, 11) is -3.29. The summed E-state index contributed by atoms with van der Waals surface area (Å²) in [5, 5.41) is 0. The van der Waals surface area contributed by atoms with E-state index in [9.17, 15) is 8.42 Å². The van der Waals surface area contributed by atoms with Crippen molar-refractivity contribution < 1.29 is 8.42 Å². The summed E-state index contributed by atoms with van der Waals surface area (Å²) in [5.41, 5.74) is 3.50. The standard InChI is InChI=1S/C16H19N3O2S/c1-2-11-22(20,21)18-16-8-7-14(12-17-16)19-10-9-13-5-3-4-6-15(13)19/h3-8,12H,2,9-11H2,1H3,(H,17,18). The van der Waals surface area contributed by atoms with E-state index in [1.54, 1.807) is 12.3 Å². The number of anilines is 3. The molecule has 0 saturated carbocycles. The summed E-state index contributed by atoms with van der Waals surface area (Å²) in [6, 6.07) is 11.9. The smallest absolute Gasteiger partial charge is 0.233 e. The molecule has 1 aromatic carbocycles. The number of benzene rings is 1. The summed E-state index contributed by atoms with van der Waals surface area (Å²) in [6.07, 6.45) is 3.31. The lowest BCUT2D eigenvalue weighted by atomic mass is 10.2. The van der Waals surface area contributed by atoms with Crippen LogP contribution in [0.1, 0.15) is 18.9 Å². The van der Waals surface area contributed by atoms with Crippen LogP contribution in [0.25, 0.3) is 0 Å². The lowest BCUT2D eigenvalue weighted by Crippen LogP contribution is -2.17. The van der Waals surface area contributed by atoms with E-state index in [-0.39, 0.29) is 5.75 Å². The van der Waals surface area contributed by atoms with Gasteiger partial charge in [0.15, 0.2) is 0 Å². The highest BCUT2D eigenvalue weighted by atomic mass is 32.2. The summed E-state index contributed by atoms with van der Waals surface area (Å²) >= 11 is 0. The van der Waals surface area contributed by atoms with Crippen molar-refractivity contribution in [2.75, 3.05) is 21.9 Å². The van der Waals surface area contributed by atoms with Crippen molar-refractivity contribution in [1.82, 2.24) is 4.98 Å². The van der Waals surface area contributed by atoms with Gasteiger partial charge in [0.25, 0.3) is 0 Å². The van der Waals surface area contributed by atoms with E-state index in [0.717, 1.165) is 18.7 Å². The molecule has 0 radical (unpaired) electrons. The third-order valence-corrected chi connectivity index (χ3v) is 5.15. The molecule has 0 saturated heterocycles. The van der Waals surface area contributed by atoms with Crippen LogP contribution < -0.4 is 9.62 Å². The molecule has 0 aliphatic carbocycles. The third kappa shape index (κ3) is 3.06. The fraction of sp³-hybridized carbons (Fsp3) is 0.312. The van der Waals surface area contributed by atoms with Gasteiger partial charge in [-0.3, -0.25) is 4.72 Å². The van der Waals surface area contributed by atoms with Crippen LogP contribution in [0.2, 0.25) is 0 Å². The van der Waals surface area contributed by atoms with Crippen molar-refractivity contribution in [2.45, 2.75) is 19.8 Å². The maximum absolute atomic E-state index is 11.7. The lowest BCUT2D eigenvalue weighted by Gasteiger charge is -2.19. The Hall–Kier alpha value is -2.08. The van der Waals surface area contributed by atoms with Gasteiger partial charge in [-0.05, 0) is 36.6 Å². The molecule has 1 aliphatic rings. The molecule has 0 unspecified atom stereocenters. The molecule has 6 heteroatoms. The highest BCUT2D eigenvalue weighted by molar-refractivity contribution is 7.92. The zero-order valence-corrected chi connectivity index (χ0v) is 13.3. The first-order valence-electron chi connectivity index (χ1n) is 7.41. The monoisotopic (exact) mass is 317 g/mol. The van der Waals surface area contributed by atoms with E-state index >= 15 is 0 Å². The molecule has 0 fully saturated rings. The number of hydrogen-bond acceptors (Lipinski definition) is 4.